The van der Waals surface area contributed by atoms with Crippen LogP contribution in [0.2, 0.25) is 0 Å². The van der Waals surface area contributed by atoms with Crippen LogP contribution in [-0.4, -0.2) is 70.2 Å². The lowest BCUT2D eigenvalue weighted by Gasteiger charge is -2.34. The van der Waals surface area contributed by atoms with Crippen LogP contribution in [0.1, 0.15) is 4.88 Å². The molecule has 0 aliphatic carbocycles. The van der Waals surface area contributed by atoms with E-state index in [-0.39, 0.29) is 29.6 Å². The highest BCUT2D eigenvalue weighted by Gasteiger charge is 2.30. The number of hydrogen-bond acceptors (Lipinski definition) is 7. The normalized spacial score (nSPS) is 15.2. The standard InChI is InChI=1S/C20H22FN5O3S3/c21-16-3-1-5-18(13-16)32(28,29)26-10-8-24(9-11-26)19(27)14-31-20-23-22-15-25(20)7-6-17-4-2-12-30-17/h1-5,12-13,15H,6-11,14H2. The largest absolute Gasteiger partial charge is 0.339 e. The Morgan fingerprint density at radius 1 is 1.16 bits per heavy atom. The van der Waals surface area contributed by atoms with Crippen LogP contribution in [0.4, 0.5) is 4.39 Å². The maximum Gasteiger partial charge on any atom is 0.243 e. The molecule has 1 fully saturated rings. The Labute approximate surface area is 194 Å². The van der Waals surface area contributed by atoms with Crippen molar-refractivity contribution in [2.24, 2.45) is 0 Å². The number of halogens is 1. The number of sulfonamides is 1. The molecule has 1 amide bonds. The summed E-state index contributed by atoms with van der Waals surface area (Å²) in [6.07, 6.45) is 2.54. The molecule has 1 aromatic carbocycles. The zero-order chi connectivity index (χ0) is 22.6. The Balaban J connectivity index is 1.28. The highest BCUT2D eigenvalue weighted by Crippen LogP contribution is 2.20. The summed E-state index contributed by atoms with van der Waals surface area (Å²) in [5, 5.41) is 10.8. The van der Waals surface area contributed by atoms with Gasteiger partial charge in [0, 0.05) is 37.6 Å². The van der Waals surface area contributed by atoms with Crippen LogP contribution < -0.4 is 0 Å². The minimum atomic E-state index is -3.78. The van der Waals surface area contributed by atoms with Gasteiger partial charge in [-0.3, -0.25) is 4.79 Å². The molecule has 2 aromatic heterocycles. The van der Waals surface area contributed by atoms with E-state index < -0.39 is 15.8 Å². The average molecular weight is 496 g/mol. The number of carbonyl (C=O) groups excluding carboxylic acids is 1. The zero-order valence-corrected chi connectivity index (χ0v) is 19.6. The Morgan fingerprint density at radius 3 is 2.69 bits per heavy atom. The first-order valence-corrected chi connectivity index (χ1v) is 13.3. The smallest absolute Gasteiger partial charge is 0.243 e. The Hall–Kier alpha value is -2.28. The van der Waals surface area contributed by atoms with Gasteiger partial charge in [-0.15, -0.1) is 21.5 Å². The highest BCUT2D eigenvalue weighted by molar-refractivity contribution is 7.99. The first-order chi connectivity index (χ1) is 15.4. The van der Waals surface area contributed by atoms with Crippen LogP contribution in [0.15, 0.2) is 58.2 Å². The fraction of sp³-hybridized carbons (Fsp3) is 0.350. The Bertz CT molecular complexity index is 1160. The summed E-state index contributed by atoms with van der Waals surface area (Å²) in [5.74, 6) is -0.472. The molecule has 3 heterocycles. The van der Waals surface area contributed by atoms with Gasteiger partial charge in [0.25, 0.3) is 0 Å². The lowest BCUT2D eigenvalue weighted by molar-refractivity contribution is -0.129. The van der Waals surface area contributed by atoms with Crippen molar-refractivity contribution in [3.8, 4) is 0 Å². The first-order valence-electron chi connectivity index (χ1n) is 10.00. The summed E-state index contributed by atoms with van der Waals surface area (Å²) >= 11 is 3.03. The third-order valence-electron chi connectivity index (χ3n) is 5.11. The van der Waals surface area contributed by atoms with E-state index in [1.807, 2.05) is 16.0 Å². The number of nitrogens with zero attached hydrogens (tertiary/aromatic N) is 5. The summed E-state index contributed by atoms with van der Waals surface area (Å²) in [6.45, 7) is 1.66. The van der Waals surface area contributed by atoms with Crippen molar-refractivity contribution in [1.29, 1.82) is 0 Å². The molecule has 0 spiro atoms. The highest BCUT2D eigenvalue weighted by atomic mass is 32.2. The third kappa shape index (κ3) is 5.37. The number of benzene rings is 1. The molecule has 0 saturated carbocycles. The molecule has 0 atom stereocenters. The van der Waals surface area contributed by atoms with E-state index in [0.29, 0.717) is 18.2 Å². The predicted molar refractivity (Wildman–Crippen MR) is 121 cm³/mol. The molecule has 4 rings (SSSR count). The fourth-order valence-electron chi connectivity index (χ4n) is 3.37. The Morgan fingerprint density at radius 2 is 1.97 bits per heavy atom. The van der Waals surface area contributed by atoms with E-state index in [0.717, 1.165) is 19.0 Å². The topological polar surface area (TPSA) is 88.4 Å². The van der Waals surface area contributed by atoms with Gasteiger partial charge in [0.2, 0.25) is 15.9 Å². The van der Waals surface area contributed by atoms with Gasteiger partial charge < -0.3 is 9.47 Å². The van der Waals surface area contributed by atoms with Gasteiger partial charge in [0.05, 0.1) is 10.6 Å². The number of aryl methyl sites for hydroxylation is 2. The lowest BCUT2D eigenvalue weighted by Crippen LogP contribution is -2.51. The average Bonchev–Trinajstić information content (AvgIpc) is 3.48. The molecular formula is C20H22FN5O3S3. The number of amides is 1. The molecule has 1 saturated heterocycles. The summed E-state index contributed by atoms with van der Waals surface area (Å²) in [6, 6.07) is 9.07. The Kier molecular flexibility index (Phi) is 7.23. The summed E-state index contributed by atoms with van der Waals surface area (Å²) in [7, 11) is -3.78. The van der Waals surface area contributed by atoms with E-state index in [4.69, 9.17) is 0 Å². The quantitative estimate of drug-likeness (QED) is 0.446. The van der Waals surface area contributed by atoms with E-state index in [2.05, 4.69) is 16.3 Å². The molecule has 0 N–H and O–H groups in total. The number of thiophene rings is 1. The number of rotatable bonds is 8. The molecular weight excluding hydrogens is 473 g/mol. The molecule has 12 heteroatoms. The first kappa shape index (κ1) is 22.9. The molecule has 170 valence electrons. The number of carbonyl (C=O) groups is 1. The summed E-state index contributed by atoms with van der Waals surface area (Å²) in [5.41, 5.74) is 0. The predicted octanol–water partition coefficient (Wildman–Crippen LogP) is 2.35. The van der Waals surface area contributed by atoms with E-state index in [1.165, 1.54) is 39.1 Å². The number of thioether (sulfide) groups is 1. The zero-order valence-electron chi connectivity index (χ0n) is 17.1. The van der Waals surface area contributed by atoms with Crippen molar-refractivity contribution in [1.82, 2.24) is 24.0 Å². The maximum atomic E-state index is 13.4. The molecule has 0 unspecified atom stereocenters. The van der Waals surface area contributed by atoms with Crippen molar-refractivity contribution in [3.63, 3.8) is 0 Å². The van der Waals surface area contributed by atoms with Gasteiger partial charge in [-0.25, -0.2) is 12.8 Å². The minimum Gasteiger partial charge on any atom is -0.339 e. The van der Waals surface area contributed by atoms with E-state index in [1.54, 1.807) is 22.6 Å². The maximum absolute atomic E-state index is 13.4. The number of hydrogen-bond donors (Lipinski definition) is 0. The SMILES string of the molecule is O=C(CSc1nncn1CCc1cccs1)N1CCN(S(=O)(=O)c2cccc(F)c2)CC1. The van der Waals surface area contributed by atoms with E-state index in [9.17, 15) is 17.6 Å². The van der Waals surface area contributed by atoms with Crippen molar-refractivity contribution >= 4 is 39.0 Å². The monoisotopic (exact) mass is 495 g/mol. The molecule has 0 bridgehead atoms. The number of piperazine rings is 1. The second-order valence-corrected chi connectivity index (χ2v) is 11.1. The van der Waals surface area contributed by atoms with Crippen LogP contribution in [0.25, 0.3) is 0 Å². The summed E-state index contributed by atoms with van der Waals surface area (Å²) < 4.78 is 42.1. The van der Waals surface area contributed by atoms with Crippen molar-refractivity contribution in [3.05, 3.63) is 58.8 Å². The summed E-state index contributed by atoms with van der Waals surface area (Å²) in [4.78, 5) is 15.5. The van der Waals surface area contributed by atoms with Gasteiger partial charge in [0.15, 0.2) is 5.16 Å². The van der Waals surface area contributed by atoms with Crippen molar-refractivity contribution < 1.29 is 17.6 Å². The third-order valence-corrected chi connectivity index (χ3v) is 8.91. The van der Waals surface area contributed by atoms with Crippen LogP contribution in [0.5, 0.6) is 0 Å². The second-order valence-electron chi connectivity index (χ2n) is 7.17. The molecule has 3 aromatic rings. The van der Waals surface area contributed by atoms with Gasteiger partial charge in [-0.1, -0.05) is 23.9 Å². The fourth-order valence-corrected chi connectivity index (χ4v) is 6.36. The van der Waals surface area contributed by atoms with Crippen LogP contribution >= 0.6 is 23.1 Å². The van der Waals surface area contributed by atoms with Crippen LogP contribution in [0.3, 0.4) is 0 Å². The van der Waals surface area contributed by atoms with Gasteiger partial charge in [-0.2, -0.15) is 4.31 Å². The molecule has 0 radical (unpaired) electrons. The van der Waals surface area contributed by atoms with Gasteiger partial charge in [-0.05, 0) is 36.1 Å². The molecule has 1 aliphatic rings. The van der Waals surface area contributed by atoms with Crippen molar-refractivity contribution in [2.45, 2.75) is 23.0 Å². The second kappa shape index (κ2) is 10.1. The molecule has 8 nitrogen and oxygen atoms in total. The molecule has 1 aliphatic heterocycles. The van der Waals surface area contributed by atoms with Crippen molar-refractivity contribution in [2.75, 3.05) is 31.9 Å². The minimum absolute atomic E-state index is 0.0743. The molecule has 32 heavy (non-hydrogen) atoms. The van der Waals surface area contributed by atoms with Crippen LogP contribution in [0, 0.1) is 5.82 Å². The van der Waals surface area contributed by atoms with Gasteiger partial charge in [0.1, 0.15) is 12.1 Å². The lowest BCUT2D eigenvalue weighted by atomic mass is 10.3. The van der Waals surface area contributed by atoms with E-state index >= 15 is 0 Å². The van der Waals surface area contributed by atoms with Gasteiger partial charge >= 0.3 is 0 Å². The van der Waals surface area contributed by atoms with Crippen LogP contribution in [-0.2, 0) is 27.8 Å². The number of aromatic nitrogens is 3.